The van der Waals surface area contributed by atoms with Crippen LogP contribution in [-0.2, 0) is 9.53 Å². The molecule has 0 amide bonds. The third-order valence-corrected chi connectivity index (χ3v) is 11.5. The van der Waals surface area contributed by atoms with E-state index in [-0.39, 0.29) is 40.8 Å². The van der Waals surface area contributed by atoms with Crippen LogP contribution in [0.5, 0.6) is 0 Å². The van der Waals surface area contributed by atoms with Gasteiger partial charge in [-0.3, -0.25) is 4.79 Å². The van der Waals surface area contributed by atoms with Crippen molar-refractivity contribution in [2.45, 2.75) is 124 Å². The summed E-state index contributed by atoms with van der Waals surface area (Å²) in [6.07, 6.45) is 12.1. The van der Waals surface area contributed by atoms with Crippen molar-refractivity contribution in [3.8, 4) is 0 Å². The van der Waals surface area contributed by atoms with Crippen LogP contribution in [0.15, 0.2) is 11.6 Å². The van der Waals surface area contributed by atoms with E-state index in [1.807, 2.05) is 13.8 Å². The van der Waals surface area contributed by atoms with Gasteiger partial charge in [0, 0.05) is 6.92 Å². The number of esters is 1. The summed E-state index contributed by atoms with van der Waals surface area (Å²) in [4.78, 5) is 12.0. The minimum Gasteiger partial charge on any atom is -0.462 e. The predicted molar refractivity (Wildman–Crippen MR) is 136 cm³/mol. The van der Waals surface area contributed by atoms with E-state index < -0.39 is 5.60 Å². The molecule has 0 bridgehead atoms. The highest BCUT2D eigenvalue weighted by molar-refractivity contribution is 5.66. The summed E-state index contributed by atoms with van der Waals surface area (Å²) in [6, 6.07) is 0. The average Bonchev–Trinajstić information content (AvgIpc) is 3.09. The Bertz CT molecular complexity index is 796. The maximum atomic E-state index is 12.0. The minimum absolute atomic E-state index is 0.0588. The number of hydrogen-bond acceptors (Lipinski definition) is 4. The van der Waals surface area contributed by atoms with Gasteiger partial charge < -0.3 is 14.9 Å². The maximum absolute atomic E-state index is 12.0. The highest BCUT2D eigenvalue weighted by Gasteiger charge is 2.59. The molecule has 4 heteroatoms. The first-order valence-electron chi connectivity index (χ1n) is 14.0. The highest BCUT2D eigenvalue weighted by Crippen LogP contribution is 2.67. The fourth-order valence-electron chi connectivity index (χ4n) is 9.03. The number of carbonyl (C=O) groups is 1. The van der Waals surface area contributed by atoms with Gasteiger partial charge in [-0.05, 0) is 118 Å². The van der Waals surface area contributed by atoms with Crippen LogP contribution in [0.1, 0.15) is 106 Å². The van der Waals surface area contributed by atoms with Crippen molar-refractivity contribution < 1.29 is 19.7 Å². The molecule has 2 N–H and O–H groups in total. The Morgan fingerprint density at radius 2 is 1.85 bits per heavy atom. The smallest absolute Gasteiger partial charge is 0.302 e. The predicted octanol–water partition coefficient (Wildman–Crippen LogP) is 6.29. The number of fused-ring (bicyclic) bond motifs is 5. The molecule has 0 aliphatic heterocycles. The molecule has 4 aliphatic rings. The van der Waals surface area contributed by atoms with Crippen LogP contribution < -0.4 is 0 Å². The Balaban J connectivity index is 1.55. The van der Waals surface area contributed by atoms with E-state index >= 15 is 0 Å². The van der Waals surface area contributed by atoms with Gasteiger partial charge in [-0.2, -0.15) is 0 Å². The molecule has 4 nitrogen and oxygen atoms in total. The largest absolute Gasteiger partial charge is 0.462 e. The molecule has 4 aliphatic carbocycles. The Kier molecular flexibility index (Phi) is 7.10. The van der Waals surface area contributed by atoms with Gasteiger partial charge in [0.25, 0.3) is 0 Å². The zero-order valence-electron chi connectivity index (χ0n) is 22.8. The second-order valence-corrected chi connectivity index (χ2v) is 13.7. The lowest BCUT2D eigenvalue weighted by molar-refractivity contribution is -0.154. The molecular weight excluding hydrogens is 424 g/mol. The summed E-state index contributed by atoms with van der Waals surface area (Å²) in [6.45, 7) is 14.6. The Hall–Kier alpha value is -0.870. The van der Waals surface area contributed by atoms with Gasteiger partial charge >= 0.3 is 5.97 Å². The number of carbonyl (C=O) groups excluding carboxylic acids is 1. The molecule has 0 saturated heterocycles. The van der Waals surface area contributed by atoms with Crippen LogP contribution in [0, 0.1) is 46.3 Å². The quantitative estimate of drug-likeness (QED) is 0.351. The first-order chi connectivity index (χ1) is 15.8. The maximum Gasteiger partial charge on any atom is 0.302 e. The first kappa shape index (κ1) is 26.2. The van der Waals surface area contributed by atoms with Gasteiger partial charge in [-0.25, -0.2) is 0 Å². The molecule has 3 saturated carbocycles. The van der Waals surface area contributed by atoms with Crippen LogP contribution >= 0.6 is 0 Å². The Morgan fingerprint density at radius 3 is 2.50 bits per heavy atom. The van der Waals surface area contributed by atoms with Crippen LogP contribution in [0.4, 0.5) is 0 Å². The lowest BCUT2D eigenvalue weighted by atomic mass is 9.47. The monoisotopic (exact) mass is 474 g/mol. The molecule has 0 aromatic rings. The molecule has 1 unspecified atom stereocenters. The number of aliphatic hydroxyl groups is 2. The number of allylic oxidation sites excluding steroid dienone is 1. The van der Waals surface area contributed by atoms with Crippen LogP contribution in [0.25, 0.3) is 0 Å². The molecule has 10 atom stereocenters. The highest BCUT2D eigenvalue weighted by atomic mass is 16.5. The summed E-state index contributed by atoms with van der Waals surface area (Å²) in [7, 11) is 0. The molecule has 0 spiro atoms. The van der Waals surface area contributed by atoms with Crippen molar-refractivity contribution in [2.24, 2.45) is 46.3 Å². The third-order valence-electron chi connectivity index (χ3n) is 11.5. The third kappa shape index (κ3) is 4.51. The fourth-order valence-corrected chi connectivity index (χ4v) is 9.03. The van der Waals surface area contributed by atoms with Crippen molar-refractivity contribution in [3.63, 3.8) is 0 Å². The van der Waals surface area contributed by atoms with Crippen molar-refractivity contribution in [1.82, 2.24) is 0 Å². The van der Waals surface area contributed by atoms with Crippen molar-refractivity contribution >= 4 is 5.97 Å². The zero-order chi connectivity index (χ0) is 25.1. The normalized spacial score (nSPS) is 42.5. The second-order valence-electron chi connectivity index (χ2n) is 13.7. The molecule has 194 valence electrons. The second kappa shape index (κ2) is 9.21. The first-order valence-corrected chi connectivity index (χ1v) is 14.0. The number of aliphatic hydroxyl groups excluding tert-OH is 1. The lowest BCUT2D eigenvalue weighted by Crippen LogP contribution is -2.51. The van der Waals surface area contributed by atoms with Gasteiger partial charge in [0.15, 0.2) is 0 Å². The standard InChI is InChI=1S/C30H50O4/c1-18(28(4,5)33)16-27(34-20(3)31)19(2)24-10-11-25-23-9-8-21-17-22(32)12-14-29(21,6)26(23)13-15-30(24,25)7/h8,18-19,22-27,32-33H,9-17H2,1-7H3/t18?,19-,22-,23-,24+,25-,26-,27+,29-,30+/m0/s1. The molecule has 4 rings (SSSR count). The Morgan fingerprint density at radius 1 is 1.15 bits per heavy atom. The average molecular weight is 475 g/mol. The van der Waals surface area contributed by atoms with E-state index in [1.165, 1.54) is 44.6 Å². The Labute approximate surface area is 207 Å². The minimum atomic E-state index is -0.784. The topological polar surface area (TPSA) is 66.8 Å². The van der Waals surface area contributed by atoms with E-state index in [2.05, 4.69) is 33.8 Å². The molecule has 3 fully saturated rings. The molecule has 34 heavy (non-hydrogen) atoms. The summed E-state index contributed by atoms with van der Waals surface area (Å²) in [5, 5.41) is 20.8. The summed E-state index contributed by atoms with van der Waals surface area (Å²) in [5.74, 6) is 2.89. The molecule has 0 radical (unpaired) electrons. The van der Waals surface area contributed by atoms with E-state index in [1.54, 1.807) is 0 Å². The molecule has 0 heterocycles. The summed E-state index contributed by atoms with van der Waals surface area (Å²) >= 11 is 0. The van der Waals surface area contributed by atoms with E-state index in [9.17, 15) is 15.0 Å². The van der Waals surface area contributed by atoms with Crippen LogP contribution in [0.2, 0.25) is 0 Å². The van der Waals surface area contributed by atoms with Crippen LogP contribution in [0.3, 0.4) is 0 Å². The van der Waals surface area contributed by atoms with Crippen molar-refractivity contribution in [1.29, 1.82) is 0 Å². The van der Waals surface area contributed by atoms with E-state index in [4.69, 9.17) is 4.74 Å². The zero-order valence-corrected chi connectivity index (χ0v) is 22.8. The lowest BCUT2D eigenvalue weighted by Gasteiger charge is -2.58. The summed E-state index contributed by atoms with van der Waals surface area (Å²) in [5.41, 5.74) is 1.31. The molecule has 0 aromatic carbocycles. The van der Waals surface area contributed by atoms with Crippen molar-refractivity contribution in [2.75, 3.05) is 0 Å². The fraction of sp³-hybridized carbons (Fsp3) is 0.900. The SMILES string of the molecule is CC(=O)O[C@H](CC(C)C(C)(C)O)[C@@H](C)[C@H]1CC[C@H]2[C@@H]3CC=C4C[C@@H](O)CC[C@]4(C)[C@H]3CC[C@]12C. The molecule has 0 aromatic heterocycles. The van der Waals surface area contributed by atoms with Gasteiger partial charge in [0.1, 0.15) is 6.10 Å². The van der Waals surface area contributed by atoms with Gasteiger partial charge in [-0.15, -0.1) is 0 Å². The van der Waals surface area contributed by atoms with Gasteiger partial charge in [-0.1, -0.05) is 39.3 Å². The number of ether oxygens (including phenoxy) is 1. The molecular formula is C30H50O4. The number of hydrogen-bond donors (Lipinski definition) is 2. The summed E-state index contributed by atoms with van der Waals surface area (Å²) < 4.78 is 5.94. The van der Waals surface area contributed by atoms with Crippen LogP contribution in [-0.4, -0.2) is 34.0 Å². The number of rotatable bonds is 6. The van der Waals surface area contributed by atoms with Crippen molar-refractivity contribution in [3.05, 3.63) is 11.6 Å². The van der Waals surface area contributed by atoms with E-state index in [0.29, 0.717) is 12.3 Å². The van der Waals surface area contributed by atoms with E-state index in [0.717, 1.165) is 37.0 Å². The van der Waals surface area contributed by atoms with Gasteiger partial charge in [0.05, 0.1) is 11.7 Å². The van der Waals surface area contributed by atoms with Gasteiger partial charge in [0.2, 0.25) is 0 Å².